The van der Waals surface area contributed by atoms with E-state index in [0.717, 1.165) is 122 Å². The number of allylic oxidation sites excluding steroid dienone is 4. The molecule has 0 spiro atoms. The number of furan rings is 1. The van der Waals surface area contributed by atoms with Crippen molar-refractivity contribution in [2.45, 2.75) is 0 Å². The van der Waals surface area contributed by atoms with Crippen molar-refractivity contribution < 1.29 is 4.42 Å². The van der Waals surface area contributed by atoms with Gasteiger partial charge >= 0.3 is 0 Å². The molecule has 0 atom stereocenters. The van der Waals surface area contributed by atoms with Gasteiger partial charge < -0.3 is 13.6 Å². The lowest BCUT2D eigenvalue weighted by atomic mass is 9.91. The van der Waals surface area contributed by atoms with Gasteiger partial charge in [0, 0.05) is 66.5 Å². The highest BCUT2D eigenvalue weighted by atomic mass is 16.3. The van der Waals surface area contributed by atoms with Crippen molar-refractivity contribution in [3.8, 4) is 67.8 Å². The van der Waals surface area contributed by atoms with Gasteiger partial charge in [-0.3, -0.25) is 0 Å². The van der Waals surface area contributed by atoms with Crippen LogP contribution in [0.1, 0.15) is 11.1 Å². The van der Waals surface area contributed by atoms with Crippen LogP contribution in [-0.4, -0.2) is 24.1 Å². The van der Waals surface area contributed by atoms with Crippen molar-refractivity contribution in [1.29, 1.82) is 0 Å². The third kappa shape index (κ3) is 8.24. The van der Waals surface area contributed by atoms with E-state index in [2.05, 4.69) is 228 Å². The Morgan fingerprint density at radius 2 is 0.938 bits per heavy atom. The standard InChI is InChI=1S/C75H49N5O/c1-2-50(32-22-25-49-23-8-3-9-24-49)61-45-56(75-77-73(54-28-12-5-13-29-54)76-74(78-75)55-30-14-6-15-31-55)46-62(53-41-39-52(40-42-53)51-26-10-4-11-27-51)71(61)80-66-38-21-19-36-60(66)70-67(80)44-43-59-64-47-63-58-35-18-20-37-65(58)79(57-33-16-7-17-34-57)68(63)48-69(64)81-72(59)70/h2-48H,1H2/b25-22+,50-32+. The zero-order chi connectivity index (χ0) is 53.8. The smallest absolute Gasteiger partial charge is 0.164 e. The zero-order valence-corrected chi connectivity index (χ0v) is 44.0. The quantitative estimate of drug-likeness (QED) is 0.121. The first-order chi connectivity index (χ1) is 40.1. The summed E-state index contributed by atoms with van der Waals surface area (Å²) in [6.07, 6.45) is 8.36. The Morgan fingerprint density at radius 3 is 1.59 bits per heavy atom. The molecule has 15 aromatic rings. The van der Waals surface area contributed by atoms with Crippen LogP contribution in [0, 0.1) is 0 Å². The zero-order valence-electron chi connectivity index (χ0n) is 44.0. The van der Waals surface area contributed by atoms with E-state index in [1.165, 1.54) is 10.8 Å². The molecule has 0 bridgehead atoms. The molecular weight excluding hydrogens is 987 g/mol. The molecule has 0 radical (unpaired) electrons. The molecule has 0 saturated heterocycles. The van der Waals surface area contributed by atoms with Gasteiger partial charge in [0.15, 0.2) is 17.5 Å². The van der Waals surface area contributed by atoms with Gasteiger partial charge in [0.2, 0.25) is 0 Å². The molecule has 0 amide bonds. The van der Waals surface area contributed by atoms with Gasteiger partial charge in [-0.2, -0.15) is 0 Å². The molecule has 15 rings (SSSR count). The van der Waals surface area contributed by atoms with Gasteiger partial charge in [-0.1, -0.05) is 231 Å². The van der Waals surface area contributed by atoms with Crippen LogP contribution < -0.4 is 0 Å². The monoisotopic (exact) mass is 1040 g/mol. The van der Waals surface area contributed by atoms with Gasteiger partial charge in [-0.05, 0) is 82.4 Å². The van der Waals surface area contributed by atoms with Crippen molar-refractivity contribution >= 4 is 77.2 Å². The number of nitrogens with zero attached hydrogens (tertiary/aromatic N) is 5. The van der Waals surface area contributed by atoms with Gasteiger partial charge in [0.05, 0.1) is 33.1 Å². The molecule has 0 N–H and O–H groups in total. The van der Waals surface area contributed by atoms with E-state index in [9.17, 15) is 0 Å². The molecule has 0 saturated carbocycles. The number of hydrogen-bond donors (Lipinski definition) is 0. The van der Waals surface area contributed by atoms with Crippen molar-refractivity contribution in [2.24, 2.45) is 0 Å². The maximum Gasteiger partial charge on any atom is 0.164 e. The molecule has 4 heterocycles. The number of rotatable bonds is 11. The van der Waals surface area contributed by atoms with Crippen LogP contribution in [0.15, 0.2) is 290 Å². The lowest BCUT2D eigenvalue weighted by molar-refractivity contribution is 0.673. The van der Waals surface area contributed by atoms with E-state index in [1.54, 1.807) is 0 Å². The number of hydrogen-bond acceptors (Lipinski definition) is 4. The average molecular weight is 1040 g/mol. The fourth-order valence-corrected chi connectivity index (χ4v) is 11.8. The molecule has 4 aromatic heterocycles. The molecule has 6 nitrogen and oxygen atoms in total. The summed E-state index contributed by atoms with van der Waals surface area (Å²) < 4.78 is 12.0. The highest BCUT2D eigenvalue weighted by Crippen LogP contribution is 2.47. The molecule has 0 aliphatic carbocycles. The fraction of sp³-hybridized carbons (Fsp3) is 0. The average Bonchev–Trinajstić information content (AvgIpc) is 2.91. The number of fused-ring (bicyclic) bond motifs is 10. The minimum Gasteiger partial charge on any atom is -0.455 e. The molecule has 380 valence electrons. The van der Waals surface area contributed by atoms with Crippen LogP contribution in [0.5, 0.6) is 0 Å². The van der Waals surface area contributed by atoms with E-state index in [0.29, 0.717) is 17.5 Å². The van der Waals surface area contributed by atoms with Crippen molar-refractivity contribution in [3.05, 3.63) is 297 Å². The summed E-state index contributed by atoms with van der Waals surface area (Å²) >= 11 is 0. The Kier molecular flexibility index (Phi) is 11.6. The summed E-state index contributed by atoms with van der Waals surface area (Å²) in [7, 11) is 0. The minimum atomic E-state index is 0.549. The molecule has 81 heavy (non-hydrogen) atoms. The highest BCUT2D eigenvalue weighted by Gasteiger charge is 2.26. The largest absolute Gasteiger partial charge is 0.455 e. The van der Waals surface area contributed by atoms with Crippen LogP contribution in [0.25, 0.3) is 145 Å². The second kappa shape index (κ2) is 19.8. The molecule has 0 fully saturated rings. The summed E-state index contributed by atoms with van der Waals surface area (Å²) in [5, 5.41) is 6.61. The molecule has 11 aromatic carbocycles. The van der Waals surface area contributed by atoms with Gasteiger partial charge in [-0.15, -0.1) is 0 Å². The fourth-order valence-electron chi connectivity index (χ4n) is 11.8. The predicted molar refractivity (Wildman–Crippen MR) is 337 cm³/mol. The first kappa shape index (κ1) is 47.3. The van der Waals surface area contributed by atoms with E-state index in [1.807, 2.05) is 72.8 Å². The summed E-state index contributed by atoms with van der Waals surface area (Å²) in [5.74, 6) is 1.72. The summed E-state index contributed by atoms with van der Waals surface area (Å²) in [4.78, 5) is 15.7. The van der Waals surface area contributed by atoms with Gasteiger partial charge in [-0.25, -0.2) is 15.0 Å². The van der Waals surface area contributed by atoms with Crippen LogP contribution in [-0.2, 0) is 0 Å². The Balaban J connectivity index is 1.03. The highest BCUT2D eigenvalue weighted by molar-refractivity contribution is 6.26. The number of aromatic nitrogens is 5. The van der Waals surface area contributed by atoms with Crippen LogP contribution >= 0.6 is 0 Å². The second-order valence-corrected chi connectivity index (χ2v) is 20.3. The van der Waals surface area contributed by atoms with Crippen LogP contribution in [0.3, 0.4) is 0 Å². The van der Waals surface area contributed by atoms with E-state index in [4.69, 9.17) is 19.4 Å². The molecule has 0 aliphatic heterocycles. The topological polar surface area (TPSA) is 61.7 Å². The molecule has 0 unspecified atom stereocenters. The third-order valence-corrected chi connectivity index (χ3v) is 15.6. The number of para-hydroxylation sites is 3. The van der Waals surface area contributed by atoms with Crippen molar-refractivity contribution in [1.82, 2.24) is 24.1 Å². The Hall–Kier alpha value is -11.0. The summed E-state index contributed by atoms with van der Waals surface area (Å²) in [5.41, 5.74) is 17.9. The number of benzene rings is 11. The maximum atomic E-state index is 7.27. The van der Waals surface area contributed by atoms with E-state index in [-0.39, 0.29) is 0 Å². The van der Waals surface area contributed by atoms with Gasteiger partial charge in [0.25, 0.3) is 0 Å². The van der Waals surface area contributed by atoms with E-state index >= 15 is 0 Å². The van der Waals surface area contributed by atoms with Crippen molar-refractivity contribution in [2.75, 3.05) is 0 Å². The van der Waals surface area contributed by atoms with Crippen LogP contribution in [0.2, 0.25) is 0 Å². The minimum absolute atomic E-state index is 0.549. The SMILES string of the molecule is C=C/C(=C\C=C\c1ccccc1)c1cc(-c2nc(-c3ccccc3)nc(-c3ccccc3)n2)cc(-c2ccc(-c3ccccc3)cc2)c1-n1c2ccccc2c2c3oc4cc5c(cc4c3ccc21)c1ccccc1n5-c1ccccc1. The predicted octanol–water partition coefficient (Wildman–Crippen LogP) is 19.6. The van der Waals surface area contributed by atoms with Gasteiger partial charge in [0.1, 0.15) is 11.2 Å². The maximum absolute atomic E-state index is 7.27. The van der Waals surface area contributed by atoms with E-state index < -0.39 is 0 Å². The summed E-state index contributed by atoms with van der Waals surface area (Å²) in [6.45, 7) is 4.53. The van der Waals surface area contributed by atoms with Crippen molar-refractivity contribution in [3.63, 3.8) is 0 Å². The third-order valence-electron chi connectivity index (χ3n) is 15.6. The Labute approximate surface area is 467 Å². The lowest BCUT2D eigenvalue weighted by Gasteiger charge is -2.21. The van der Waals surface area contributed by atoms with Crippen LogP contribution in [0.4, 0.5) is 0 Å². The molecular formula is C75H49N5O. The Morgan fingerprint density at radius 1 is 0.395 bits per heavy atom. The normalized spacial score (nSPS) is 12.0. The first-order valence-corrected chi connectivity index (χ1v) is 27.3. The summed E-state index contributed by atoms with van der Waals surface area (Å²) in [6, 6.07) is 91.6. The molecule has 0 aliphatic rings. The Bertz CT molecular complexity index is 4900. The lowest BCUT2D eigenvalue weighted by Crippen LogP contribution is -2.05. The molecule has 6 heteroatoms. The first-order valence-electron chi connectivity index (χ1n) is 27.3. The second-order valence-electron chi connectivity index (χ2n) is 20.3.